The number of benzene rings is 1. The molecule has 0 aliphatic carbocycles. The van der Waals surface area contributed by atoms with E-state index in [0.717, 1.165) is 5.56 Å². The third-order valence-corrected chi connectivity index (χ3v) is 2.23. The van der Waals surface area contributed by atoms with Crippen molar-refractivity contribution >= 4 is 17.7 Å². The highest BCUT2D eigenvalue weighted by Crippen LogP contribution is 2.11. The predicted octanol–water partition coefficient (Wildman–Crippen LogP) is 3.32. The molecular weight excluding hydrogens is 226 g/mol. The van der Waals surface area contributed by atoms with E-state index in [-0.39, 0.29) is 12.2 Å². The minimum absolute atomic E-state index is 0.0971. The maximum atomic E-state index is 11.5. The molecule has 0 heterocycles. The highest BCUT2D eigenvalue weighted by atomic mass is 35.5. The third kappa shape index (κ3) is 4.11. The Hall–Kier alpha value is -1.22. The van der Waals surface area contributed by atoms with Crippen molar-refractivity contribution in [1.82, 2.24) is 4.90 Å². The van der Waals surface area contributed by atoms with Crippen molar-refractivity contribution in [1.29, 1.82) is 0 Å². The number of hydrogen-bond donors (Lipinski definition) is 0. The molecule has 1 amide bonds. The van der Waals surface area contributed by atoms with Gasteiger partial charge in [-0.2, -0.15) is 0 Å². The molecule has 16 heavy (non-hydrogen) atoms. The summed E-state index contributed by atoms with van der Waals surface area (Å²) in [6.07, 6.45) is -0.412. The molecule has 0 spiro atoms. The lowest BCUT2D eigenvalue weighted by Crippen LogP contribution is -2.28. The molecule has 0 radical (unpaired) electrons. The maximum Gasteiger partial charge on any atom is 0.410 e. The Labute approximate surface area is 101 Å². The first-order valence-electron chi connectivity index (χ1n) is 5.15. The molecule has 1 aromatic rings. The Balaban J connectivity index is 2.53. The Morgan fingerprint density at radius 3 is 2.44 bits per heavy atom. The van der Waals surface area contributed by atoms with Crippen molar-refractivity contribution in [3.8, 4) is 0 Å². The fraction of sp³-hybridized carbons (Fsp3) is 0.417. The normalized spacial score (nSPS) is 10.3. The summed E-state index contributed by atoms with van der Waals surface area (Å²) in [5.41, 5.74) is 1.02. The van der Waals surface area contributed by atoms with Crippen molar-refractivity contribution in [3.63, 3.8) is 0 Å². The fourth-order valence-corrected chi connectivity index (χ4v) is 1.35. The predicted molar refractivity (Wildman–Crippen MR) is 64.5 cm³/mol. The first-order valence-corrected chi connectivity index (χ1v) is 5.53. The lowest BCUT2D eigenvalue weighted by Gasteiger charge is -2.18. The van der Waals surface area contributed by atoms with Gasteiger partial charge in [0.25, 0.3) is 0 Å². The second-order valence-corrected chi connectivity index (χ2v) is 4.35. The number of carbonyl (C=O) groups excluding carboxylic acids is 1. The number of ether oxygens (including phenoxy) is 1. The van der Waals surface area contributed by atoms with Crippen LogP contribution >= 0.6 is 11.6 Å². The number of halogens is 1. The second-order valence-electron chi connectivity index (χ2n) is 3.92. The number of carbonyl (C=O) groups is 1. The monoisotopic (exact) mass is 241 g/mol. The largest absolute Gasteiger partial charge is 0.447 e. The SMILES string of the molecule is CC(C)OC(=O)N(C)Cc1ccc(Cl)cc1. The smallest absolute Gasteiger partial charge is 0.410 e. The van der Waals surface area contributed by atoms with E-state index in [9.17, 15) is 4.79 Å². The number of amides is 1. The van der Waals surface area contributed by atoms with Crippen LogP contribution in [0.15, 0.2) is 24.3 Å². The van der Waals surface area contributed by atoms with Crippen LogP contribution in [0.3, 0.4) is 0 Å². The Morgan fingerprint density at radius 1 is 1.38 bits per heavy atom. The number of hydrogen-bond acceptors (Lipinski definition) is 2. The van der Waals surface area contributed by atoms with Gasteiger partial charge in [-0.15, -0.1) is 0 Å². The molecule has 0 atom stereocenters. The highest BCUT2D eigenvalue weighted by molar-refractivity contribution is 6.30. The van der Waals surface area contributed by atoms with Crippen molar-refractivity contribution in [2.24, 2.45) is 0 Å². The summed E-state index contributed by atoms with van der Waals surface area (Å²) in [5, 5.41) is 0.691. The summed E-state index contributed by atoms with van der Waals surface area (Å²) in [5.74, 6) is 0. The quantitative estimate of drug-likeness (QED) is 0.813. The minimum Gasteiger partial charge on any atom is -0.447 e. The van der Waals surface area contributed by atoms with Crippen LogP contribution in [0.2, 0.25) is 5.02 Å². The Kier molecular flexibility index (Phi) is 4.62. The van der Waals surface area contributed by atoms with Gasteiger partial charge in [-0.3, -0.25) is 0 Å². The molecule has 0 unspecified atom stereocenters. The van der Waals surface area contributed by atoms with Gasteiger partial charge >= 0.3 is 6.09 Å². The molecule has 0 saturated carbocycles. The van der Waals surface area contributed by atoms with Crippen molar-refractivity contribution in [2.45, 2.75) is 26.5 Å². The zero-order chi connectivity index (χ0) is 12.1. The van der Waals surface area contributed by atoms with Crippen molar-refractivity contribution in [3.05, 3.63) is 34.9 Å². The molecular formula is C12H16ClNO2. The van der Waals surface area contributed by atoms with Gasteiger partial charge in [0.05, 0.1) is 6.10 Å². The molecule has 3 nitrogen and oxygen atoms in total. The van der Waals surface area contributed by atoms with Crippen LogP contribution in [0, 0.1) is 0 Å². The minimum atomic E-state index is -0.315. The molecule has 0 saturated heterocycles. The molecule has 4 heteroatoms. The zero-order valence-electron chi connectivity index (χ0n) is 9.74. The van der Waals surface area contributed by atoms with Crippen LogP contribution in [0.1, 0.15) is 19.4 Å². The first kappa shape index (κ1) is 12.8. The molecule has 0 N–H and O–H groups in total. The van der Waals surface area contributed by atoms with E-state index in [1.807, 2.05) is 26.0 Å². The summed E-state index contributed by atoms with van der Waals surface area (Å²) in [6.45, 7) is 4.17. The first-order chi connectivity index (χ1) is 7.49. The fourth-order valence-electron chi connectivity index (χ4n) is 1.22. The van der Waals surface area contributed by atoms with Crippen LogP contribution in [-0.2, 0) is 11.3 Å². The molecule has 0 bridgehead atoms. The lowest BCUT2D eigenvalue weighted by molar-refractivity contribution is 0.0822. The van der Waals surface area contributed by atoms with Crippen LogP contribution in [-0.4, -0.2) is 24.1 Å². The van der Waals surface area contributed by atoms with Gasteiger partial charge < -0.3 is 9.64 Å². The van der Waals surface area contributed by atoms with Crippen LogP contribution < -0.4 is 0 Å². The molecule has 88 valence electrons. The van der Waals surface area contributed by atoms with E-state index in [1.54, 1.807) is 19.2 Å². The van der Waals surface area contributed by atoms with Gasteiger partial charge in [0.1, 0.15) is 0 Å². The van der Waals surface area contributed by atoms with Gasteiger partial charge in [-0.25, -0.2) is 4.79 Å². The lowest BCUT2D eigenvalue weighted by atomic mass is 10.2. The summed E-state index contributed by atoms with van der Waals surface area (Å²) in [4.78, 5) is 13.0. The van der Waals surface area contributed by atoms with Crippen molar-refractivity contribution in [2.75, 3.05) is 7.05 Å². The van der Waals surface area contributed by atoms with E-state index < -0.39 is 0 Å². The Morgan fingerprint density at radius 2 is 1.94 bits per heavy atom. The highest BCUT2D eigenvalue weighted by Gasteiger charge is 2.11. The third-order valence-electron chi connectivity index (χ3n) is 1.98. The van der Waals surface area contributed by atoms with Crippen molar-refractivity contribution < 1.29 is 9.53 Å². The van der Waals surface area contributed by atoms with E-state index in [2.05, 4.69) is 0 Å². The van der Waals surface area contributed by atoms with Gasteiger partial charge in [-0.1, -0.05) is 23.7 Å². The molecule has 0 aliphatic heterocycles. The van der Waals surface area contributed by atoms with E-state index >= 15 is 0 Å². The summed E-state index contributed by atoms with van der Waals surface area (Å²) in [7, 11) is 1.71. The average molecular weight is 242 g/mol. The molecule has 1 rings (SSSR count). The van der Waals surface area contributed by atoms with Gasteiger partial charge in [0.15, 0.2) is 0 Å². The number of nitrogens with zero attached hydrogens (tertiary/aromatic N) is 1. The second kappa shape index (κ2) is 5.75. The van der Waals surface area contributed by atoms with E-state index in [4.69, 9.17) is 16.3 Å². The topological polar surface area (TPSA) is 29.5 Å². The van der Waals surface area contributed by atoms with E-state index in [0.29, 0.717) is 11.6 Å². The summed E-state index contributed by atoms with van der Waals surface area (Å²) in [6, 6.07) is 7.39. The zero-order valence-corrected chi connectivity index (χ0v) is 10.5. The molecule has 0 fully saturated rings. The van der Waals surface area contributed by atoms with Gasteiger partial charge in [0.2, 0.25) is 0 Å². The van der Waals surface area contributed by atoms with E-state index in [1.165, 1.54) is 4.90 Å². The summed E-state index contributed by atoms with van der Waals surface area (Å²) >= 11 is 5.77. The van der Waals surface area contributed by atoms with Gasteiger partial charge in [0, 0.05) is 18.6 Å². The van der Waals surface area contributed by atoms with Crippen LogP contribution in [0.5, 0.6) is 0 Å². The standard InChI is InChI=1S/C12H16ClNO2/c1-9(2)16-12(15)14(3)8-10-4-6-11(13)7-5-10/h4-7,9H,8H2,1-3H3. The number of rotatable bonds is 3. The van der Waals surface area contributed by atoms with Crippen LogP contribution in [0.4, 0.5) is 4.79 Å². The Bertz CT molecular complexity index is 349. The molecule has 0 aliphatic rings. The van der Waals surface area contributed by atoms with Crippen LogP contribution in [0.25, 0.3) is 0 Å². The maximum absolute atomic E-state index is 11.5. The van der Waals surface area contributed by atoms with Gasteiger partial charge in [-0.05, 0) is 31.5 Å². The molecule has 1 aromatic carbocycles. The average Bonchev–Trinajstić information content (AvgIpc) is 2.20. The summed E-state index contributed by atoms with van der Waals surface area (Å²) < 4.78 is 5.07. The molecule has 0 aromatic heterocycles.